The van der Waals surface area contributed by atoms with Gasteiger partial charge in [-0.05, 0) is 78.8 Å². The third-order valence-corrected chi connectivity index (χ3v) is 8.07. The van der Waals surface area contributed by atoms with Gasteiger partial charge in [-0.2, -0.15) is 5.10 Å². The second-order valence-electron chi connectivity index (χ2n) is 11.8. The van der Waals surface area contributed by atoms with E-state index in [1.54, 1.807) is 6.07 Å². The Hall–Kier alpha value is -5.38. The van der Waals surface area contributed by atoms with Gasteiger partial charge >= 0.3 is 0 Å². The number of nitrogens with zero attached hydrogens (tertiary/aromatic N) is 4. The van der Waals surface area contributed by atoms with Crippen molar-refractivity contribution in [3.63, 3.8) is 0 Å². The summed E-state index contributed by atoms with van der Waals surface area (Å²) in [7, 11) is 4.04. The SMILES string of the molecule is CN(C)CCNc1cc(F)cc(-c2cccc3[nH]c(-c4[nH]nc5ncc(-c6cncc(CNCc7ccccc7)c6)cc45)cc23)c1. The minimum atomic E-state index is -0.277. The highest BCUT2D eigenvalue weighted by molar-refractivity contribution is 6.01. The highest BCUT2D eigenvalue weighted by Gasteiger charge is 2.16. The van der Waals surface area contributed by atoms with Crippen molar-refractivity contribution >= 4 is 27.6 Å². The first-order chi connectivity index (χ1) is 22.5. The first-order valence-electron chi connectivity index (χ1n) is 15.3. The van der Waals surface area contributed by atoms with Gasteiger partial charge in [0.25, 0.3) is 0 Å². The predicted octanol–water partition coefficient (Wildman–Crippen LogP) is 7.24. The molecule has 4 heterocycles. The number of H-pyrrole nitrogens is 2. The highest BCUT2D eigenvalue weighted by atomic mass is 19.1. The Morgan fingerprint density at radius 2 is 1.63 bits per heavy atom. The van der Waals surface area contributed by atoms with E-state index in [0.29, 0.717) is 12.2 Å². The van der Waals surface area contributed by atoms with Crippen LogP contribution in [0.25, 0.3) is 55.6 Å². The molecular formula is C37H35FN8. The van der Waals surface area contributed by atoms with Crippen molar-refractivity contribution in [2.75, 3.05) is 32.5 Å². The van der Waals surface area contributed by atoms with Crippen molar-refractivity contribution in [3.8, 4) is 33.6 Å². The zero-order valence-electron chi connectivity index (χ0n) is 25.8. The minimum absolute atomic E-state index is 0.277. The van der Waals surface area contributed by atoms with Crippen molar-refractivity contribution in [2.45, 2.75) is 13.1 Å². The van der Waals surface area contributed by atoms with Crippen LogP contribution in [-0.2, 0) is 13.1 Å². The van der Waals surface area contributed by atoms with E-state index in [1.165, 1.54) is 11.6 Å². The number of pyridine rings is 2. The number of rotatable bonds is 11. The molecule has 0 amide bonds. The lowest BCUT2D eigenvalue weighted by molar-refractivity contribution is 0.425. The normalized spacial score (nSPS) is 11.6. The fraction of sp³-hybridized carbons (Fsp3) is 0.162. The molecule has 0 aliphatic rings. The number of likely N-dealkylation sites (N-methyl/N-ethyl adjacent to an activating group) is 1. The molecule has 3 aromatic carbocycles. The molecule has 46 heavy (non-hydrogen) atoms. The molecule has 4 N–H and O–H groups in total. The molecule has 9 heteroatoms. The topological polar surface area (TPSA) is 97.5 Å². The number of benzene rings is 3. The third-order valence-electron chi connectivity index (χ3n) is 8.07. The van der Waals surface area contributed by atoms with Crippen LogP contribution in [0.3, 0.4) is 0 Å². The zero-order valence-corrected chi connectivity index (χ0v) is 25.8. The summed E-state index contributed by atoms with van der Waals surface area (Å²) >= 11 is 0. The van der Waals surface area contributed by atoms with E-state index in [2.05, 4.69) is 71.0 Å². The number of hydrogen-bond acceptors (Lipinski definition) is 6. The van der Waals surface area contributed by atoms with Crippen LogP contribution < -0.4 is 10.6 Å². The van der Waals surface area contributed by atoms with E-state index >= 15 is 0 Å². The summed E-state index contributed by atoms with van der Waals surface area (Å²) in [4.78, 5) is 14.8. The van der Waals surface area contributed by atoms with Crippen molar-refractivity contribution < 1.29 is 4.39 Å². The number of anilines is 1. The Morgan fingerprint density at radius 1 is 0.783 bits per heavy atom. The van der Waals surface area contributed by atoms with Crippen LogP contribution in [0.5, 0.6) is 0 Å². The molecule has 0 unspecified atom stereocenters. The van der Waals surface area contributed by atoms with Gasteiger partial charge in [0.15, 0.2) is 5.65 Å². The second-order valence-corrected chi connectivity index (χ2v) is 11.8. The molecule has 8 nitrogen and oxygen atoms in total. The van der Waals surface area contributed by atoms with E-state index < -0.39 is 0 Å². The minimum Gasteiger partial charge on any atom is -0.384 e. The van der Waals surface area contributed by atoms with Gasteiger partial charge in [0.05, 0.1) is 11.4 Å². The van der Waals surface area contributed by atoms with Crippen molar-refractivity contribution in [1.82, 2.24) is 35.4 Å². The van der Waals surface area contributed by atoms with E-state index in [-0.39, 0.29) is 5.82 Å². The molecule has 7 rings (SSSR count). The van der Waals surface area contributed by atoms with Crippen molar-refractivity contribution in [2.24, 2.45) is 0 Å². The maximum atomic E-state index is 14.8. The lowest BCUT2D eigenvalue weighted by Crippen LogP contribution is -2.20. The summed E-state index contributed by atoms with van der Waals surface area (Å²) < 4.78 is 14.8. The summed E-state index contributed by atoms with van der Waals surface area (Å²) in [5, 5.41) is 16.4. The lowest BCUT2D eigenvalue weighted by Gasteiger charge is -2.13. The van der Waals surface area contributed by atoms with Crippen molar-refractivity contribution in [3.05, 3.63) is 120 Å². The molecule has 4 aromatic heterocycles. The van der Waals surface area contributed by atoms with Crippen LogP contribution in [0.15, 0.2) is 104 Å². The molecule has 0 spiro atoms. The summed E-state index contributed by atoms with van der Waals surface area (Å²) in [6.45, 7) is 3.07. The molecule has 0 saturated heterocycles. The van der Waals surface area contributed by atoms with Crippen molar-refractivity contribution in [1.29, 1.82) is 0 Å². The van der Waals surface area contributed by atoms with Gasteiger partial charge in [-0.25, -0.2) is 9.37 Å². The Kier molecular flexibility index (Phi) is 8.24. The predicted molar refractivity (Wildman–Crippen MR) is 184 cm³/mol. The van der Waals surface area contributed by atoms with Crippen LogP contribution in [0.1, 0.15) is 11.1 Å². The zero-order chi connectivity index (χ0) is 31.5. The first kappa shape index (κ1) is 29.3. The molecule has 0 atom stereocenters. The fourth-order valence-electron chi connectivity index (χ4n) is 5.76. The summed E-state index contributed by atoms with van der Waals surface area (Å²) in [5.41, 5.74) is 10.1. The van der Waals surface area contributed by atoms with Crippen LogP contribution in [0, 0.1) is 5.82 Å². The number of aromatic amines is 2. The lowest BCUT2D eigenvalue weighted by atomic mass is 10.0. The van der Waals surface area contributed by atoms with Crippen LogP contribution in [0.2, 0.25) is 0 Å². The Labute approximate surface area is 266 Å². The average Bonchev–Trinajstić information content (AvgIpc) is 3.69. The van der Waals surface area contributed by atoms with E-state index in [9.17, 15) is 4.39 Å². The van der Waals surface area contributed by atoms with Gasteiger partial charge in [0.2, 0.25) is 0 Å². The van der Waals surface area contributed by atoms with Crippen LogP contribution >= 0.6 is 0 Å². The van der Waals surface area contributed by atoms with Crippen LogP contribution in [-0.4, -0.2) is 57.2 Å². The number of halogens is 1. The van der Waals surface area contributed by atoms with E-state index in [0.717, 1.165) is 80.8 Å². The number of fused-ring (bicyclic) bond motifs is 2. The molecule has 0 saturated carbocycles. The smallest absolute Gasteiger partial charge is 0.181 e. The standard InChI is InChI=1S/C37H35FN8/c1-46(2)12-11-41-30-15-26(14-29(38)17-30)31-9-6-10-34-32(31)18-35(43-34)36-33-16-28(23-42-37(33)45-44-36)27-13-25(21-40-22-27)20-39-19-24-7-4-3-5-8-24/h3-10,13-18,21-23,39,41,43H,11-12,19-20H2,1-2H3,(H,42,44,45). The summed E-state index contributed by atoms with van der Waals surface area (Å²) in [6, 6.07) is 27.9. The molecule has 0 aliphatic heterocycles. The molecular weight excluding hydrogens is 575 g/mol. The summed E-state index contributed by atoms with van der Waals surface area (Å²) in [6.07, 6.45) is 5.59. The molecule has 0 bridgehead atoms. The molecule has 7 aromatic rings. The quantitative estimate of drug-likeness (QED) is 0.123. The van der Waals surface area contributed by atoms with Crippen LogP contribution in [0.4, 0.5) is 10.1 Å². The number of aromatic nitrogens is 5. The van der Waals surface area contributed by atoms with E-state index in [4.69, 9.17) is 0 Å². The highest BCUT2D eigenvalue weighted by Crippen LogP contribution is 2.36. The van der Waals surface area contributed by atoms with Gasteiger partial charge in [0.1, 0.15) is 5.82 Å². The van der Waals surface area contributed by atoms with Gasteiger partial charge in [-0.15, -0.1) is 0 Å². The molecule has 0 fully saturated rings. The second kappa shape index (κ2) is 12.9. The maximum Gasteiger partial charge on any atom is 0.181 e. The Morgan fingerprint density at radius 3 is 2.50 bits per heavy atom. The molecule has 230 valence electrons. The Bertz CT molecular complexity index is 2120. The molecule has 0 radical (unpaired) electrons. The third kappa shape index (κ3) is 6.37. The number of nitrogens with one attached hydrogen (secondary N) is 4. The maximum absolute atomic E-state index is 14.8. The first-order valence-corrected chi connectivity index (χ1v) is 15.3. The Balaban J connectivity index is 1.17. The largest absolute Gasteiger partial charge is 0.384 e. The van der Waals surface area contributed by atoms with Gasteiger partial charge in [0, 0.05) is 77.9 Å². The van der Waals surface area contributed by atoms with Gasteiger partial charge in [-0.3, -0.25) is 10.1 Å². The average molecular weight is 611 g/mol. The summed E-state index contributed by atoms with van der Waals surface area (Å²) in [5.74, 6) is -0.277. The van der Waals surface area contributed by atoms with Gasteiger partial charge in [-0.1, -0.05) is 42.5 Å². The fourth-order valence-corrected chi connectivity index (χ4v) is 5.76. The number of hydrogen-bond donors (Lipinski definition) is 4. The van der Waals surface area contributed by atoms with E-state index in [1.807, 2.05) is 75.2 Å². The van der Waals surface area contributed by atoms with Gasteiger partial charge < -0.3 is 20.5 Å². The molecule has 0 aliphatic carbocycles. The monoisotopic (exact) mass is 610 g/mol.